The monoisotopic (exact) mass is 248 g/mol. The molecule has 1 aromatic rings. The van der Waals surface area contributed by atoms with Gasteiger partial charge in [-0.2, -0.15) is 0 Å². The van der Waals surface area contributed by atoms with Crippen LogP contribution in [0.15, 0.2) is 12.1 Å². The van der Waals surface area contributed by atoms with Crippen molar-refractivity contribution < 1.29 is 5.11 Å². The van der Waals surface area contributed by atoms with Gasteiger partial charge < -0.3 is 5.11 Å². The van der Waals surface area contributed by atoms with Gasteiger partial charge in [0, 0.05) is 5.33 Å². The molecule has 0 heterocycles. The summed E-state index contributed by atoms with van der Waals surface area (Å²) in [6.45, 7) is 2.00. The van der Waals surface area contributed by atoms with Gasteiger partial charge in [0.15, 0.2) is 0 Å². The molecule has 0 atom stereocenters. The molecule has 0 aliphatic rings. The van der Waals surface area contributed by atoms with Crippen LogP contribution < -0.4 is 0 Å². The van der Waals surface area contributed by atoms with Crippen LogP contribution in [0.1, 0.15) is 16.7 Å². The minimum Gasteiger partial charge on any atom is -0.392 e. The summed E-state index contributed by atoms with van der Waals surface area (Å²) in [5.41, 5.74) is 2.99. The molecule has 1 aromatic carbocycles. The highest BCUT2D eigenvalue weighted by Gasteiger charge is 2.06. The molecule has 1 nitrogen and oxygen atoms in total. The van der Waals surface area contributed by atoms with E-state index in [1.54, 1.807) is 0 Å². The van der Waals surface area contributed by atoms with Gasteiger partial charge in [0.05, 0.1) is 11.6 Å². The summed E-state index contributed by atoms with van der Waals surface area (Å²) in [5, 5.41) is 10.3. The van der Waals surface area contributed by atoms with Crippen molar-refractivity contribution >= 4 is 27.5 Å². The zero-order valence-electron chi connectivity index (χ0n) is 6.77. The fourth-order valence-corrected chi connectivity index (χ4v) is 2.28. The third-order valence-electron chi connectivity index (χ3n) is 1.86. The van der Waals surface area contributed by atoms with Crippen molar-refractivity contribution in [1.29, 1.82) is 0 Å². The van der Waals surface area contributed by atoms with Gasteiger partial charge in [-0.25, -0.2) is 0 Å². The molecule has 0 saturated heterocycles. The van der Waals surface area contributed by atoms with Crippen LogP contribution in [0.3, 0.4) is 0 Å². The first-order valence-corrected chi connectivity index (χ1v) is 5.14. The third-order valence-corrected chi connectivity index (χ3v) is 2.89. The maximum Gasteiger partial charge on any atom is 0.0696 e. The largest absolute Gasteiger partial charge is 0.392 e. The Kier molecular flexibility index (Phi) is 3.56. The lowest BCUT2D eigenvalue weighted by Crippen LogP contribution is -1.92. The second kappa shape index (κ2) is 4.26. The van der Waals surface area contributed by atoms with Crippen LogP contribution in [0.2, 0.25) is 5.02 Å². The molecule has 66 valence electrons. The lowest BCUT2D eigenvalue weighted by atomic mass is 10.1. The highest BCUT2D eigenvalue weighted by Crippen LogP contribution is 2.26. The SMILES string of the molecule is Cc1ccc(CO)c(Cl)c1CBr. The molecule has 1 N–H and O–H groups in total. The number of halogens is 2. The Hall–Kier alpha value is -0.0500. The van der Waals surface area contributed by atoms with E-state index in [-0.39, 0.29) is 6.61 Å². The molecule has 0 radical (unpaired) electrons. The number of rotatable bonds is 2. The van der Waals surface area contributed by atoms with E-state index in [1.165, 1.54) is 0 Å². The maximum absolute atomic E-state index is 8.93. The van der Waals surface area contributed by atoms with E-state index in [0.717, 1.165) is 22.0 Å². The van der Waals surface area contributed by atoms with Gasteiger partial charge in [-0.15, -0.1) is 0 Å². The third kappa shape index (κ3) is 1.82. The first-order valence-electron chi connectivity index (χ1n) is 3.64. The van der Waals surface area contributed by atoms with E-state index in [1.807, 2.05) is 19.1 Å². The van der Waals surface area contributed by atoms with Gasteiger partial charge in [-0.1, -0.05) is 39.7 Å². The Morgan fingerprint density at radius 1 is 1.50 bits per heavy atom. The van der Waals surface area contributed by atoms with Crippen molar-refractivity contribution in [2.45, 2.75) is 18.9 Å². The van der Waals surface area contributed by atoms with E-state index in [0.29, 0.717) is 5.02 Å². The first kappa shape index (κ1) is 10.0. The van der Waals surface area contributed by atoms with Crippen molar-refractivity contribution in [1.82, 2.24) is 0 Å². The van der Waals surface area contributed by atoms with Crippen molar-refractivity contribution in [3.8, 4) is 0 Å². The van der Waals surface area contributed by atoms with Crippen LogP contribution in [0.5, 0.6) is 0 Å². The second-order valence-electron chi connectivity index (χ2n) is 2.63. The van der Waals surface area contributed by atoms with Gasteiger partial charge in [0.25, 0.3) is 0 Å². The van der Waals surface area contributed by atoms with E-state index in [9.17, 15) is 0 Å². The molecular formula is C9H10BrClO. The molecule has 0 aliphatic heterocycles. The van der Waals surface area contributed by atoms with Crippen LogP contribution >= 0.6 is 27.5 Å². The maximum atomic E-state index is 8.93. The lowest BCUT2D eigenvalue weighted by molar-refractivity contribution is 0.282. The molecule has 0 aliphatic carbocycles. The predicted molar refractivity (Wildman–Crippen MR) is 54.7 cm³/mol. The highest BCUT2D eigenvalue weighted by molar-refractivity contribution is 9.08. The van der Waals surface area contributed by atoms with E-state index in [4.69, 9.17) is 16.7 Å². The predicted octanol–water partition coefficient (Wildman–Crippen LogP) is 3.04. The molecule has 0 amide bonds. The standard InChI is InChI=1S/C9H10BrClO/c1-6-2-3-7(5-12)9(11)8(6)4-10/h2-3,12H,4-5H2,1H3. The lowest BCUT2D eigenvalue weighted by Gasteiger charge is -2.08. The van der Waals surface area contributed by atoms with Crippen molar-refractivity contribution in [2.24, 2.45) is 0 Å². The van der Waals surface area contributed by atoms with Gasteiger partial charge >= 0.3 is 0 Å². The quantitative estimate of drug-likeness (QED) is 0.799. The second-order valence-corrected chi connectivity index (χ2v) is 3.56. The number of benzene rings is 1. The molecule has 0 bridgehead atoms. The van der Waals surface area contributed by atoms with Crippen molar-refractivity contribution in [2.75, 3.05) is 0 Å². The van der Waals surface area contributed by atoms with E-state index < -0.39 is 0 Å². The number of hydrogen-bond acceptors (Lipinski definition) is 1. The molecule has 12 heavy (non-hydrogen) atoms. The number of hydrogen-bond donors (Lipinski definition) is 1. The Bertz CT molecular complexity index is 286. The van der Waals surface area contributed by atoms with Crippen molar-refractivity contribution in [3.05, 3.63) is 33.8 Å². The smallest absolute Gasteiger partial charge is 0.0696 e. The number of aliphatic hydroxyl groups is 1. The fraction of sp³-hybridized carbons (Fsp3) is 0.333. The molecular weight excluding hydrogens is 239 g/mol. The Balaban J connectivity index is 3.24. The summed E-state index contributed by atoms with van der Waals surface area (Å²) in [6.07, 6.45) is 0. The topological polar surface area (TPSA) is 20.2 Å². The fourth-order valence-electron chi connectivity index (χ4n) is 1.05. The van der Waals surface area contributed by atoms with Crippen LogP contribution in [-0.4, -0.2) is 5.11 Å². The van der Waals surface area contributed by atoms with Gasteiger partial charge in [-0.3, -0.25) is 0 Å². The minimum absolute atomic E-state index is 0.000880. The molecule has 3 heteroatoms. The van der Waals surface area contributed by atoms with Crippen LogP contribution in [0.25, 0.3) is 0 Å². The zero-order valence-corrected chi connectivity index (χ0v) is 9.11. The Morgan fingerprint density at radius 2 is 2.17 bits per heavy atom. The summed E-state index contributed by atoms with van der Waals surface area (Å²) >= 11 is 9.38. The van der Waals surface area contributed by atoms with Gasteiger partial charge in [0.1, 0.15) is 0 Å². The summed E-state index contributed by atoms with van der Waals surface area (Å²) in [7, 11) is 0. The Labute approximate surface area is 85.5 Å². The van der Waals surface area contributed by atoms with Crippen LogP contribution in [0.4, 0.5) is 0 Å². The molecule has 0 saturated carbocycles. The highest BCUT2D eigenvalue weighted by atomic mass is 79.9. The summed E-state index contributed by atoms with van der Waals surface area (Å²) in [4.78, 5) is 0. The van der Waals surface area contributed by atoms with Crippen molar-refractivity contribution in [3.63, 3.8) is 0 Å². The summed E-state index contributed by atoms with van der Waals surface area (Å²) in [6, 6.07) is 3.82. The Morgan fingerprint density at radius 3 is 2.67 bits per heavy atom. The average molecular weight is 250 g/mol. The van der Waals surface area contributed by atoms with Crippen LogP contribution in [0, 0.1) is 6.92 Å². The molecule has 0 spiro atoms. The normalized spacial score (nSPS) is 10.3. The van der Waals surface area contributed by atoms with E-state index in [2.05, 4.69) is 15.9 Å². The minimum atomic E-state index is -0.000880. The van der Waals surface area contributed by atoms with E-state index >= 15 is 0 Å². The zero-order chi connectivity index (χ0) is 9.14. The molecule has 1 rings (SSSR count). The number of aryl methyl sites for hydroxylation is 1. The molecule has 0 aromatic heterocycles. The number of alkyl halides is 1. The molecule has 0 fully saturated rings. The van der Waals surface area contributed by atoms with Gasteiger partial charge in [-0.05, 0) is 23.6 Å². The average Bonchev–Trinajstić information content (AvgIpc) is 2.06. The molecule has 0 unspecified atom stereocenters. The summed E-state index contributed by atoms with van der Waals surface area (Å²) < 4.78 is 0. The number of aliphatic hydroxyl groups excluding tert-OH is 1. The van der Waals surface area contributed by atoms with Gasteiger partial charge in [0.2, 0.25) is 0 Å². The summed E-state index contributed by atoms with van der Waals surface area (Å²) in [5.74, 6) is 0. The first-order chi connectivity index (χ1) is 5.70. The van der Waals surface area contributed by atoms with Crippen LogP contribution in [-0.2, 0) is 11.9 Å².